The highest BCUT2D eigenvalue weighted by Gasteiger charge is 2.10. The normalized spacial score (nSPS) is 9.48. The Labute approximate surface area is 135 Å². The number of carboxylic acids is 2. The molecule has 3 rings (SSSR count). The molecule has 2 aromatic carbocycles. The van der Waals surface area contributed by atoms with Gasteiger partial charge in [0.1, 0.15) is 11.5 Å². The van der Waals surface area contributed by atoms with Crippen LogP contribution in [0.2, 0.25) is 0 Å². The fraction of sp³-hybridized carbons (Fsp3) is 0.125. The average Bonchev–Trinajstić information content (AvgIpc) is 2.86. The lowest BCUT2D eigenvalue weighted by atomic mass is 10.1. The maximum Gasteiger partial charge on any atom is 0.300 e. The van der Waals surface area contributed by atoms with Crippen LogP contribution >= 0.6 is 11.3 Å². The Morgan fingerprint density at radius 2 is 1.57 bits per heavy atom. The number of aliphatic carboxylic acids is 2. The van der Waals surface area contributed by atoms with Crippen LogP contribution in [0.5, 0.6) is 11.5 Å². The Bertz CT molecular complexity index is 817. The molecule has 0 aliphatic heterocycles. The topological polar surface area (TPSA) is 115 Å². The molecule has 7 heteroatoms. The Hall–Kier alpha value is -2.80. The Morgan fingerprint density at radius 3 is 2.13 bits per heavy atom. The lowest BCUT2D eigenvalue weighted by molar-refractivity contribution is -0.135. The van der Waals surface area contributed by atoms with Crippen LogP contribution < -0.4 is 0 Å². The van der Waals surface area contributed by atoms with Gasteiger partial charge in [0.15, 0.2) is 0 Å². The first kappa shape index (κ1) is 18.2. The molecule has 4 N–H and O–H groups in total. The Balaban J connectivity index is 0.000000281. The van der Waals surface area contributed by atoms with E-state index in [-0.39, 0.29) is 11.5 Å². The highest BCUT2D eigenvalue weighted by atomic mass is 32.1. The van der Waals surface area contributed by atoms with Crippen LogP contribution in [0.4, 0.5) is 0 Å². The van der Waals surface area contributed by atoms with Crippen molar-refractivity contribution in [2.24, 2.45) is 0 Å². The van der Waals surface area contributed by atoms with Crippen molar-refractivity contribution < 1.29 is 30.0 Å². The van der Waals surface area contributed by atoms with Crippen molar-refractivity contribution in [3.63, 3.8) is 0 Å². The molecule has 0 aliphatic rings. The minimum absolute atomic E-state index is 0.123. The van der Waals surface area contributed by atoms with E-state index in [1.54, 1.807) is 23.5 Å². The van der Waals surface area contributed by atoms with Crippen molar-refractivity contribution in [3.05, 3.63) is 35.7 Å². The van der Waals surface area contributed by atoms with E-state index in [1.807, 2.05) is 23.6 Å². The van der Waals surface area contributed by atoms with E-state index in [2.05, 4.69) is 0 Å². The number of phenols is 2. The molecule has 1 heterocycles. The predicted molar refractivity (Wildman–Crippen MR) is 89.3 cm³/mol. The first-order valence-corrected chi connectivity index (χ1v) is 7.32. The molecule has 23 heavy (non-hydrogen) atoms. The van der Waals surface area contributed by atoms with Crippen LogP contribution in [0.1, 0.15) is 13.8 Å². The molecule has 3 aromatic rings. The molecular formula is C16H16O6S. The number of rotatable bonds is 0. The van der Waals surface area contributed by atoms with Gasteiger partial charge in [0.25, 0.3) is 11.9 Å². The number of carboxylic acid groups (broad SMARTS) is 2. The average molecular weight is 336 g/mol. The third-order valence-electron chi connectivity index (χ3n) is 2.55. The number of aromatic hydroxyl groups is 2. The zero-order valence-electron chi connectivity index (χ0n) is 12.5. The highest BCUT2D eigenvalue weighted by Crippen LogP contribution is 2.40. The number of hydrogen-bond donors (Lipinski definition) is 4. The van der Waals surface area contributed by atoms with Crippen LogP contribution in [-0.4, -0.2) is 32.4 Å². The van der Waals surface area contributed by atoms with Gasteiger partial charge in [0, 0.05) is 23.9 Å². The molecule has 0 bridgehead atoms. The minimum Gasteiger partial charge on any atom is -0.507 e. The summed E-state index contributed by atoms with van der Waals surface area (Å²) in [5, 5.41) is 38.7. The molecule has 0 saturated carbocycles. The van der Waals surface area contributed by atoms with Gasteiger partial charge in [-0.15, -0.1) is 11.3 Å². The van der Waals surface area contributed by atoms with E-state index >= 15 is 0 Å². The zero-order valence-corrected chi connectivity index (χ0v) is 13.3. The summed E-state index contributed by atoms with van der Waals surface area (Å²) >= 11 is 1.58. The molecule has 0 aliphatic carbocycles. The summed E-state index contributed by atoms with van der Waals surface area (Å²) in [6.07, 6.45) is 0. The summed E-state index contributed by atoms with van der Waals surface area (Å²) in [6, 6.07) is 9.08. The minimum atomic E-state index is -0.833. The predicted octanol–water partition coefficient (Wildman–Crippen LogP) is 3.65. The van der Waals surface area contributed by atoms with Crippen LogP contribution in [0, 0.1) is 0 Å². The highest BCUT2D eigenvalue weighted by molar-refractivity contribution is 7.17. The molecule has 6 nitrogen and oxygen atoms in total. The van der Waals surface area contributed by atoms with Gasteiger partial charge in [-0.3, -0.25) is 9.59 Å². The molecule has 0 radical (unpaired) electrons. The van der Waals surface area contributed by atoms with Crippen LogP contribution in [-0.2, 0) is 9.59 Å². The van der Waals surface area contributed by atoms with Gasteiger partial charge in [0.2, 0.25) is 0 Å². The van der Waals surface area contributed by atoms with E-state index in [1.165, 1.54) is 0 Å². The first-order chi connectivity index (χ1) is 10.7. The van der Waals surface area contributed by atoms with Gasteiger partial charge in [0.05, 0.1) is 5.39 Å². The van der Waals surface area contributed by atoms with E-state index in [4.69, 9.17) is 19.8 Å². The quantitative estimate of drug-likeness (QED) is 0.498. The Kier molecular flexibility index (Phi) is 6.35. The van der Waals surface area contributed by atoms with Crippen LogP contribution in [0.3, 0.4) is 0 Å². The number of benzene rings is 2. The zero-order chi connectivity index (χ0) is 17.6. The van der Waals surface area contributed by atoms with Crippen molar-refractivity contribution in [2.45, 2.75) is 13.8 Å². The maximum atomic E-state index is 10.0. The maximum absolute atomic E-state index is 10.0. The van der Waals surface area contributed by atoms with Crippen molar-refractivity contribution in [1.29, 1.82) is 0 Å². The summed E-state index contributed by atoms with van der Waals surface area (Å²) in [5.41, 5.74) is 0. The molecule has 0 amide bonds. The number of thiophene rings is 1. The number of carbonyl (C=O) groups is 2. The molecule has 0 unspecified atom stereocenters. The Morgan fingerprint density at radius 1 is 1.00 bits per heavy atom. The second kappa shape index (κ2) is 8.00. The smallest absolute Gasteiger partial charge is 0.300 e. The lowest BCUT2D eigenvalue weighted by Crippen LogP contribution is -1.78. The fourth-order valence-corrected chi connectivity index (χ4v) is 2.68. The molecule has 0 fully saturated rings. The van der Waals surface area contributed by atoms with Gasteiger partial charge in [-0.05, 0) is 29.0 Å². The van der Waals surface area contributed by atoms with Gasteiger partial charge in [-0.1, -0.05) is 12.1 Å². The molecular weight excluding hydrogens is 320 g/mol. The molecule has 122 valence electrons. The summed E-state index contributed by atoms with van der Waals surface area (Å²) < 4.78 is 1.03. The van der Waals surface area contributed by atoms with Crippen molar-refractivity contribution in [1.82, 2.24) is 0 Å². The van der Waals surface area contributed by atoms with E-state index in [0.29, 0.717) is 5.39 Å². The third kappa shape index (κ3) is 5.15. The van der Waals surface area contributed by atoms with Gasteiger partial charge < -0.3 is 20.4 Å². The summed E-state index contributed by atoms with van der Waals surface area (Å²) in [5.74, 6) is -1.38. The summed E-state index contributed by atoms with van der Waals surface area (Å²) in [6.45, 7) is 2.17. The largest absolute Gasteiger partial charge is 0.507 e. The molecule has 0 saturated heterocycles. The monoisotopic (exact) mass is 336 g/mol. The molecule has 1 aromatic heterocycles. The fourth-order valence-electron chi connectivity index (χ4n) is 1.84. The SMILES string of the molecule is CC(=O)O.CC(=O)O.Oc1cccc2cc3sccc3c(O)c12. The standard InChI is InChI=1S/C12H8O2S.2C2H4O2/c13-9-3-1-2-7-6-10-8(4-5-15-10)12(14)11(7)9;2*1-2(3)4/h1-6,13-14H;2*1H3,(H,3,4). The van der Waals surface area contributed by atoms with Gasteiger partial charge >= 0.3 is 0 Å². The van der Waals surface area contributed by atoms with E-state index in [9.17, 15) is 10.2 Å². The van der Waals surface area contributed by atoms with Crippen LogP contribution in [0.25, 0.3) is 20.9 Å². The second-order valence-electron chi connectivity index (χ2n) is 4.47. The van der Waals surface area contributed by atoms with Crippen LogP contribution in [0.15, 0.2) is 35.7 Å². The van der Waals surface area contributed by atoms with E-state index in [0.717, 1.165) is 29.3 Å². The van der Waals surface area contributed by atoms with Gasteiger partial charge in [-0.25, -0.2) is 0 Å². The molecule has 0 atom stereocenters. The van der Waals surface area contributed by atoms with Crippen molar-refractivity contribution in [3.8, 4) is 11.5 Å². The van der Waals surface area contributed by atoms with Crippen molar-refractivity contribution in [2.75, 3.05) is 0 Å². The van der Waals surface area contributed by atoms with Crippen molar-refractivity contribution >= 4 is 44.1 Å². The number of hydrogen-bond acceptors (Lipinski definition) is 5. The second-order valence-corrected chi connectivity index (χ2v) is 5.42. The number of phenolic OH excluding ortho intramolecular Hbond substituents is 2. The lowest BCUT2D eigenvalue weighted by Gasteiger charge is -2.04. The first-order valence-electron chi connectivity index (χ1n) is 6.44. The summed E-state index contributed by atoms with van der Waals surface area (Å²) in [4.78, 5) is 18.0. The molecule has 0 spiro atoms. The number of fused-ring (bicyclic) bond motifs is 2. The van der Waals surface area contributed by atoms with Gasteiger partial charge in [-0.2, -0.15) is 0 Å². The third-order valence-corrected chi connectivity index (χ3v) is 3.41. The summed E-state index contributed by atoms with van der Waals surface area (Å²) in [7, 11) is 0. The van der Waals surface area contributed by atoms with E-state index < -0.39 is 11.9 Å².